The van der Waals surface area contributed by atoms with Crippen molar-refractivity contribution in [3.8, 4) is 11.5 Å². The molecule has 1 aromatic rings. The Hall–Kier alpha value is -1.30. The first-order valence-electron chi connectivity index (χ1n) is 11.6. The fourth-order valence-electron chi connectivity index (χ4n) is 8.53. The van der Waals surface area contributed by atoms with Crippen LogP contribution in [0.1, 0.15) is 64.5 Å². The molecule has 2 aliphatic heterocycles. The molecule has 164 valence electrons. The number of phenolic OH excluding ortho intramolecular Hbond substituents is 1. The van der Waals surface area contributed by atoms with Crippen molar-refractivity contribution in [3.63, 3.8) is 0 Å². The Kier molecular flexibility index (Phi) is 3.46. The van der Waals surface area contributed by atoms with Gasteiger partial charge in [0.2, 0.25) is 0 Å². The number of hydrogen-bond donors (Lipinski definition) is 3. The third-order valence-electron chi connectivity index (χ3n) is 10.4. The number of rotatable bonds is 2. The first kappa shape index (κ1) is 19.4. The van der Waals surface area contributed by atoms with E-state index in [0.29, 0.717) is 11.8 Å². The summed E-state index contributed by atoms with van der Waals surface area (Å²) in [4.78, 5) is 0. The predicted molar refractivity (Wildman–Crippen MR) is 114 cm³/mol. The number of benzene rings is 1. The Morgan fingerprint density at radius 3 is 2.63 bits per heavy atom. The van der Waals surface area contributed by atoms with Crippen molar-refractivity contribution >= 4 is 0 Å². The van der Waals surface area contributed by atoms with Crippen LogP contribution in [0.4, 0.5) is 0 Å². The predicted octanol–water partition coefficient (Wildman–Crippen LogP) is 3.29. The largest absolute Gasteiger partial charge is 0.504 e. The summed E-state index contributed by atoms with van der Waals surface area (Å²) in [6, 6.07) is 4.26. The molecule has 0 aromatic heterocycles. The smallest absolute Gasteiger partial charge is 0.165 e. The average Bonchev–Trinajstić information content (AvgIpc) is 3.05. The van der Waals surface area contributed by atoms with Gasteiger partial charge in [0.1, 0.15) is 11.7 Å². The zero-order valence-corrected chi connectivity index (χ0v) is 18.8. The van der Waals surface area contributed by atoms with Gasteiger partial charge in [-0.2, -0.15) is 0 Å². The molecule has 1 saturated heterocycles. The summed E-state index contributed by atoms with van der Waals surface area (Å²) in [6.07, 6.45) is 4.66. The van der Waals surface area contributed by atoms with E-state index in [1.54, 1.807) is 13.2 Å². The van der Waals surface area contributed by atoms with E-state index in [4.69, 9.17) is 9.47 Å². The van der Waals surface area contributed by atoms with Gasteiger partial charge in [-0.15, -0.1) is 0 Å². The quantitative estimate of drug-likeness (QED) is 0.694. The highest BCUT2D eigenvalue weighted by Crippen LogP contribution is 2.77. The van der Waals surface area contributed by atoms with Gasteiger partial charge in [-0.3, -0.25) is 0 Å². The van der Waals surface area contributed by atoms with Crippen LogP contribution in [0.5, 0.6) is 11.5 Å². The van der Waals surface area contributed by atoms with E-state index in [9.17, 15) is 10.2 Å². The average molecular weight is 414 g/mol. The lowest BCUT2D eigenvalue weighted by atomic mass is 9.33. The summed E-state index contributed by atoms with van der Waals surface area (Å²) >= 11 is 0. The van der Waals surface area contributed by atoms with Crippen LogP contribution in [-0.2, 0) is 16.6 Å². The van der Waals surface area contributed by atoms with Crippen molar-refractivity contribution in [1.82, 2.24) is 5.32 Å². The van der Waals surface area contributed by atoms with Crippen LogP contribution in [0.15, 0.2) is 12.1 Å². The summed E-state index contributed by atoms with van der Waals surface area (Å²) in [5.41, 5.74) is 0.658. The lowest BCUT2D eigenvalue weighted by Crippen LogP contribution is -2.83. The molecule has 4 fully saturated rings. The van der Waals surface area contributed by atoms with Gasteiger partial charge in [0.15, 0.2) is 11.5 Å². The number of aliphatic hydroxyl groups is 1. The Morgan fingerprint density at radius 1 is 1.17 bits per heavy atom. The first-order valence-corrected chi connectivity index (χ1v) is 11.6. The summed E-state index contributed by atoms with van der Waals surface area (Å²) in [5, 5.41) is 26.6. The zero-order chi connectivity index (χ0) is 21.3. The minimum Gasteiger partial charge on any atom is -0.504 e. The van der Waals surface area contributed by atoms with E-state index in [1.807, 2.05) is 6.92 Å². The minimum atomic E-state index is -0.910. The summed E-state index contributed by atoms with van der Waals surface area (Å²) in [5.74, 6) is 0.887. The highest BCUT2D eigenvalue weighted by molar-refractivity contribution is 5.63. The molecule has 7 rings (SSSR count). The highest BCUT2D eigenvalue weighted by Gasteiger charge is 2.81. The van der Waals surface area contributed by atoms with Crippen molar-refractivity contribution in [2.24, 2.45) is 16.7 Å². The van der Waals surface area contributed by atoms with E-state index in [0.717, 1.165) is 38.6 Å². The number of piperidine rings is 1. The maximum Gasteiger partial charge on any atom is 0.165 e. The normalized spacial score (nSPS) is 44.9. The molecule has 5 heteroatoms. The molecule has 3 saturated carbocycles. The lowest BCUT2D eigenvalue weighted by Gasteiger charge is -2.74. The molecule has 6 aliphatic rings. The molecule has 7 atom stereocenters. The van der Waals surface area contributed by atoms with Crippen LogP contribution >= 0.6 is 0 Å². The van der Waals surface area contributed by atoms with Gasteiger partial charge in [0.05, 0.1) is 5.60 Å². The molecule has 4 aliphatic carbocycles. The van der Waals surface area contributed by atoms with Crippen LogP contribution in [0.2, 0.25) is 0 Å². The molecule has 3 unspecified atom stereocenters. The standard InChI is InChI=1S/C25H35NO4/c1-21(2,3)22(4,28)16-13-23-8-9-25(16,29-5)20-24(23)10-11-26-17(23)12-14-6-7-15(27)19(30-20)18(14)24/h6-7,16-17,20,26-28H,8-13H2,1-5H3/t16?,17-,20?,22?,23-,24+,25-/m1/s1. The van der Waals surface area contributed by atoms with Gasteiger partial charge in [-0.25, -0.2) is 0 Å². The molecule has 3 N–H and O–H groups in total. The monoisotopic (exact) mass is 413 g/mol. The third kappa shape index (κ3) is 1.77. The van der Waals surface area contributed by atoms with E-state index < -0.39 is 11.2 Å². The summed E-state index contributed by atoms with van der Waals surface area (Å²) in [6.45, 7) is 9.33. The van der Waals surface area contributed by atoms with Crippen LogP contribution in [0.25, 0.3) is 0 Å². The van der Waals surface area contributed by atoms with Crippen molar-refractivity contribution in [1.29, 1.82) is 0 Å². The van der Waals surface area contributed by atoms with Crippen molar-refractivity contribution in [2.45, 2.75) is 88.6 Å². The molecule has 0 radical (unpaired) electrons. The molecular formula is C25H35NO4. The molecular weight excluding hydrogens is 378 g/mol. The van der Waals surface area contributed by atoms with Crippen molar-refractivity contribution in [2.75, 3.05) is 13.7 Å². The number of fused-ring (bicyclic) bond motifs is 2. The maximum absolute atomic E-state index is 12.0. The second kappa shape index (κ2) is 5.36. The van der Waals surface area contributed by atoms with Crippen LogP contribution in [0.3, 0.4) is 0 Å². The van der Waals surface area contributed by atoms with Crippen molar-refractivity contribution in [3.05, 3.63) is 23.3 Å². The first-order chi connectivity index (χ1) is 14.1. The lowest BCUT2D eigenvalue weighted by molar-refractivity contribution is -0.303. The maximum atomic E-state index is 12.0. The van der Waals surface area contributed by atoms with Gasteiger partial charge in [-0.1, -0.05) is 26.8 Å². The van der Waals surface area contributed by atoms with Gasteiger partial charge < -0.3 is 25.0 Å². The van der Waals surface area contributed by atoms with Crippen LogP contribution in [-0.4, -0.2) is 47.2 Å². The second-order valence-electron chi connectivity index (χ2n) is 11.8. The number of phenols is 1. The Labute approximate surface area is 179 Å². The Balaban J connectivity index is 1.65. The van der Waals surface area contributed by atoms with Gasteiger partial charge in [0, 0.05) is 35.5 Å². The summed E-state index contributed by atoms with van der Waals surface area (Å²) < 4.78 is 13.2. The van der Waals surface area contributed by atoms with Gasteiger partial charge in [-0.05, 0) is 62.6 Å². The number of ether oxygens (including phenoxy) is 2. The van der Waals surface area contributed by atoms with Crippen molar-refractivity contribution < 1.29 is 19.7 Å². The molecule has 4 bridgehead atoms. The highest BCUT2D eigenvalue weighted by atomic mass is 16.6. The SMILES string of the molecule is CO[C@]12CC[C@@]3(CC1C(C)(O)C(C)(C)C)[C@H]1Cc4ccc(O)c5c4[C@@]3(CCN1)C2O5. The molecule has 30 heavy (non-hydrogen) atoms. The Morgan fingerprint density at radius 2 is 1.93 bits per heavy atom. The molecule has 5 nitrogen and oxygen atoms in total. The van der Waals surface area contributed by atoms with E-state index in [2.05, 4.69) is 32.2 Å². The van der Waals surface area contributed by atoms with Gasteiger partial charge in [0.25, 0.3) is 0 Å². The summed E-state index contributed by atoms with van der Waals surface area (Å²) in [7, 11) is 1.80. The van der Waals surface area contributed by atoms with E-state index in [-0.39, 0.29) is 34.0 Å². The van der Waals surface area contributed by atoms with Crippen LogP contribution in [0, 0.1) is 16.7 Å². The fraction of sp³-hybridized carbons (Fsp3) is 0.760. The fourth-order valence-corrected chi connectivity index (χ4v) is 8.53. The number of hydrogen-bond acceptors (Lipinski definition) is 5. The molecule has 0 amide bonds. The van der Waals surface area contributed by atoms with E-state index >= 15 is 0 Å². The number of methoxy groups -OCH3 is 1. The topological polar surface area (TPSA) is 71.0 Å². The second-order valence-corrected chi connectivity index (χ2v) is 11.8. The number of nitrogens with one attached hydrogen (secondary N) is 1. The zero-order valence-electron chi connectivity index (χ0n) is 18.8. The minimum absolute atomic E-state index is 0.0160. The molecule has 2 spiro atoms. The number of aromatic hydroxyl groups is 1. The third-order valence-corrected chi connectivity index (χ3v) is 10.4. The molecule has 1 aromatic carbocycles. The van der Waals surface area contributed by atoms with Crippen LogP contribution < -0.4 is 10.1 Å². The molecule has 2 heterocycles. The van der Waals surface area contributed by atoms with Gasteiger partial charge >= 0.3 is 0 Å². The Bertz CT molecular complexity index is 936. The van der Waals surface area contributed by atoms with E-state index in [1.165, 1.54) is 11.1 Å².